The number of carbonyl (C=O) groups excluding carboxylic acids is 1. The highest BCUT2D eigenvalue weighted by molar-refractivity contribution is 5.77. The largest absolute Gasteiger partial charge is 0.378 e. The molecule has 1 aliphatic carbocycles. The summed E-state index contributed by atoms with van der Waals surface area (Å²) in [6.45, 7) is 0.388. The Kier molecular flexibility index (Phi) is 3.19. The second-order valence-corrected chi connectivity index (χ2v) is 4.13. The van der Waals surface area contributed by atoms with Crippen LogP contribution in [0.4, 0.5) is 0 Å². The van der Waals surface area contributed by atoms with Gasteiger partial charge in [-0.2, -0.15) is 5.10 Å². The van der Waals surface area contributed by atoms with E-state index in [1.807, 2.05) is 0 Å². The van der Waals surface area contributed by atoms with Crippen LogP contribution in [0.2, 0.25) is 0 Å². The average Bonchev–Trinajstić information content (AvgIpc) is 2.73. The molecule has 0 bridgehead atoms. The van der Waals surface area contributed by atoms with Crippen LogP contribution in [-0.2, 0) is 16.1 Å². The van der Waals surface area contributed by atoms with Gasteiger partial charge in [-0.05, 0) is 19.3 Å². The third-order valence-electron chi connectivity index (χ3n) is 3.10. The summed E-state index contributed by atoms with van der Waals surface area (Å²) in [7, 11) is 1.67. The molecule has 6 heteroatoms. The molecule has 1 heterocycles. The van der Waals surface area contributed by atoms with Crippen LogP contribution in [0.5, 0.6) is 0 Å². The van der Waals surface area contributed by atoms with Crippen LogP contribution in [0.15, 0.2) is 6.33 Å². The predicted molar refractivity (Wildman–Crippen MR) is 56.4 cm³/mol. The van der Waals surface area contributed by atoms with Crippen molar-refractivity contribution in [2.24, 2.45) is 0 Å². The van der Waals surface area contributed by atoms with Crippen molar-refractivity contribution >= 4 is 5.91 Å². The Morgan fingerprint density at radius 3 is 3.00 bits per heavy atom. The highest BCUT2D eigenvalue weighted by atomic mass is 16.5. The molecule has 1 fully saturated rings. The minimum Gasteiger partial charge on any atom is -0.378 e. The molecule has 6 nitrogen and oxygen atoms in total. The SMILES string of the molecule is COC1(CC(=O)NCc2ncn[nH]2)CCC1. The highest BCUT2D eigenvalue weighted by Gasteiger charge is 2.38. The molecule has 1 aromatic heterocycles. The van der Waals surface area contributed by atoms with Gasteiger partial charge in [-0.3, -0.25) is 9.89 Å². The Morgan fingerprint density at radius 1 is 1.69 bits per heavy atom. The van der Waals surface area contributed by atoms with Crippen LogP contribution in [0.1, 0.15) is 31.5 Å². The fourth-order valence-corrected chi connectivity index (χ4v) is 1.88. The molecule has 1 aliphatic rings. The number of rotatable bonds is 5. The van der Waals surface area contributed by atoms with Gasteiger partial charge in [-0.25, -0.2) is 4.98 Å². The summed E-state index contributed by atoms with van der Waals surface area (Å²) in [5, 5.41) is 9.19. The number of ether oxygens (including phenoxy) is 1. The second-order valence-electron chi connectivity index (χ2n) is 4.13. The van der Waals surface area contributed by atoms with Gasteiger partial charge >= 0.3 is 0 Å². The Morgan fingerprint density at radius 2 is 2.50 bits per heavy atom. The minimum atomic E-state index is -0.217. The molecule has 1 saturated carbocycles. The van der Waals surface area contributed by atoms with Crippen LogP contribution in [0.25, 0.3) is 0 Å². The molecule has 0 aromatic carbocycles. The van der Waals surface area contributed by atoms with E-state index in [2.05, 4.69) is 20.5 Å². The number of nitrogens with zero attached hydrogens (tertiary/aromatic N) is 2. The van der Waals surface area contributed by atoms with Gasteiger partial charge in [-0.1, -0.05) is 0 Å². The van der Waals surface area contributed by atoms with E-state index in [1.165, 1.54) is 6.33 Å². The lowest BCUT2D eigenvalue weighted by Gasteiger charge is -2.39. The van der Waals surface area contributed by atoms with E-state index in [0.717, 1.165) is 19.3 Å². The molecule has 1 amide bonds. The Labute approximate surface area is 93.8 Å². The summed E-state index contributed by atoms with van der Waals surface area (Å²) in [6, 6.07) is 0. The van der Waals surface area contributed by atoms with Gasteiger partial charge < -0.3 is 10.1 Å². The van der Waals surface area contributed by atoms with Crippen molar-refractivity contribution in [3.8, 4) is 0 Å². The minimum absolute atomic E-state index is 0.00190. The van der Waals surface area contributed by atoms with Crippen molar-refractivity contribution < 1.29 is 9.53 Å². The first kappa shape index (κ1) is 11.1. The zero-order valence-electron chi connectivity index (χ0n) is 9.32. The van der Waals surface area contributed by atoms with Crippen molar-refractivity contribution in [2.45, 2.75) is 37.8 Å². The molecule has 88 valence electrons. The number of H-pyrrole nitrogens is 1. The smallest absolute Gasteiger partial charge is 0.223 e. The van der Waals surface area contributed by atoms with Crippen molar-refractivity contribution in [1.82, 2.24) is 20.5 Å². The fourth-order valence-electron chi connectivity index (χ4n) is 1.88. The molecule has 1 aromatic rings. The maximum absolute atomic E-state index is 11.7. The fraction of sp³-hybridized carbons (Fsp3) is 0.700. The number of methoxy groups -OCH3 is 1. The maximum atomic E-state index is 11.7. The molecule has 2 N–H and O–H groups in total. The third kappa shape index (κ3) is 2.38. The van der Waals surface area contributed by atoms with Crippen molar-refractivity contribution in [2.75, 3.05) is 7.11 Å². The lowest BCUT2D eigenvalue weighted by Crippen LogP contribution is -2.43. The first-order chi connectivity index (χ1) is 7.74. The van der Waals surface area contributed by atoms with Gasteiger partial charge in [0.15, 0.2) is 0 Å². The molecule has 0 atom stereocenters. The van der Waals surface area contributed by atoms with Crippen molar-refractivity contribution in [3.05, 3.63) is 12.2 Å². The van der Waals surface area contributed by atoms with E-state index >= 15 is 0 Å². The zero-order chi connectivity index (χ0) is 11.4. The Bertz CT molecular complexity index is 340. The maximum Gasteiger partial charge on any atom is 0.223 e. The van der Waals surface area contributed by atoms with Crippen LogP contribution >= 0.6 is 0 Å². The molecule has 0 unspecified atom stereocenters. The molecule has 16 heavy (non-hydrogen) atoms. The summed E-state index contributed by atoms with van der Waals surface area (Å²) in [5.41, 5.74) is -0.217. The van der Waals surface area contributed by atoms with Crippen LogP contribution in [0.3, 0.4) is 0 Å². The number of nitrogens with one attached hydrogen (secondary N) is 2. The number of amides is 1. The topological polar surface area (TPSA) is 79.9 Å². The summed E-state index contributed by atoms with van der Waals surface area (Å²) < 4.78 is 5.38. The van der Waals surface area contributed by atoms with Crippen LogP contribution < -0.4 is 5.32 Å². The molecular weight excluding hydrogens is 208 g/mol. The first-order valence-electron chi connectivity index (χ1n) is 5.40. The highest BCUT2D eigenvalue weighted by Crippen LogP contribution is 2.37. The third-order valence-corrected chi connectivity index (χ3v) is 3.10. The zero-order valence-corrected chi connectivity index (χ0v) is 9.32. The van der Waals surface area contributed by atoms with Gasteiger partial charge in [0, 0.05) is 7.11 Å². The number of aromatic amines is 1. The van der Waals surface area contributed by atoms with Gasteiger partial charge in [0.1, 0.15) is 12.2 Å². The van der Waals surface area contributed by atoms with E-state index in [9.17, 15) is 4.79 Å². The van der Waals surface area contributed by atoms with E-state index in [-0.39, 0.29) is 11.5 Å². The average molecular weight is 224 g/mol. The second kappa shape index (κ2) is 4.61. The molecule has 0 aliphatic heterocycles. The summed E-state index contributed by atoms with van der Waals surface area (Å²) >= 11 is 0. The van der Waals surface area contributed by atoms with Crippen LogP contribution in [0, 0.1) is 0 Å². The summed E-state index contributed by atoms with van der Waals surface area (Å²) in [4.78, 5) is 15.6. The lowest BCUT2D eigenvalue weighted by molar-refractivity contribution is -0.134. The summed E-state index contributed by atoms with van der Waals surface area (Å²) in [5.74, 6) is 0.659. The van der Waals surface area contributed by atoms with E-state index in [4.69, 9.17) is 4.74 Å². The van der Waals surface area contributed by atoms with E-state index < -0.39 is 0 Å². The van der Waals surface area contributed by atoms with Crippen molar-refractivity contribution in [1.29, 1.82) is 0 Å². The number of hydrogen-bond donors (Lipinski definition) is 2. The Balaban J connectivity index is 1.76. The van der Waals surface area contributed by atoms with Gasteiger partial charge in [-0.15, -0.1) is 0 Å². The molecule has 0 saturated heterocycles. The monoisotopic (exact) mass is 224 g/mol. The van der Waals surface area contributed by atoms with Crippen molar-refractivity contribution in [3.63, 3.8) is 0 Å². The quantitative estimate of drug-likeness (QED) is 0.757. The standard InChI is InChI=1S/C10H16N4O2/c1-16-10(3-2-4-10)5-9(15)11-6-8-12-7-13-14-8/h7H,2-6H2,1H3,(H,11,15)(H,12,13,14). The number of aromatic nitrogens is 3. The van der Waals surface area contributed by atoms with Gasteiger partial charge in [0.25, 0.3) is 0 Å². The normalized spacial score (nSPS) is 17.8. The number of carbonyl (C=O) groups is 1. The Hall–Kier alpha value is -1.43. The van der Waals surface area contributed by atoms with Gasteiger partial charge in [0.05, 0.1) is 18.6 Å². The molecule has 0 spiro atoms. The van der Waals surface area contributed by atoms with E-state index in [1.54, 1.807) is 7.11 Å². The first-order valence-corrected chi connectivity index (χ1v) is 5.40. The summed E-state index contributed by atoms with van der Waals surface area (Å²) in [6.07, 6.45) is 4.93. The van der Waals surface area contributed by atoms with Crippen LogP contribution in [-0.4, -0.2) is 33.8 Å². The molecular formula is C10H16N4O2. The van der Waals surface area contributed by atoms with Gasteiger partial charge in [0.2, 0.25) is 5.91 Å². The van der Waals surface area contributed by atoms with E-state index in [0.29, 0.717) is 18.8 Å². The number of hydrogen-bond acceptors (Lipinski definition) is 4. The molecule has 0 radical (unpaired) electrons. The lowest BCUT2D eigenvalue weighted by atomic mass is 9.77. The molecule has 2 rings (SSSR count). The predicted octanol–water partition coefficient (Wildman–Crippen LogP) is 0.380.